The molecule has 0 aromatic heterocycles. The van der Waals surface area contributed by atoms with Gasteiger partial charge in [-0.15, -0.1) is 0 Å². The third-order valence-corrected chi connectivity index (χ3v) is 1.33. The number of hydrogen-bond acceptors (Lipinski definition) is 0. The quantitative estimate of drug-likeness (QED) is 0.449. The zero-order chi connectivity index (χ0) is 10.3. The summed E-state index contributed by atoms with van der Waals surface area (Å²) in [4.78, 5) is 0. The molecule has 69 valence electrons. The zero-order valence-corrected chi connectivity index (χ0v) is 8.88. The average molecular weight is 173 g/mol. The van der Waals surface area contributed by atoms with Gasteiger partial charge in [-0.1, -0.05) is 75.1 Å². The highest BCUT2D eigenvalue weighted by molar-refractivity contribution is 6.50. The largest absolute Gasteiger partial charge is 0.157 e. The molecule has 0 aromatic rings. The summed E-state index contributed by atoms with van der Waals surface area (Å²) in [7, 11) is 2.20. The van der Waals surface area contributed by atoms with Crippen LogP contribution in [-0.4, -0.2) is 7.28 Å². The molecular weight excluding hydrogens is 155 g/mol. The van der Waals surface area contributed by atoms with Gasteiger partial charge in [-0.05, 0) is 0 Å². The lowest BCUT2D eigenvalue weighted by Crippen LogP contribution is -2.09. The molecule has 0 unspecified atom stereocenters. The van der Waals surface area contributed by atoms with Crippen LogP contribution in [0.4, 0.5) is 0 Å². The van der Waals surface area contributed by atoms with Gasteiger partial charge in [0.1, 0.15) is 0 Å². The van der Waals surface area contributed by atoms with E-state index in [1.807, 2.05) is 18.2 Å². The van der Waals surface area contributed by atoms with Crippen LogP contribution in [-0.2, 0) is 0 Å². The topological polar surface area (TPSA) is 0 Å². The van der Waals surface area contributed by atoms with Gasteiger partial charge in [0.25, 0.3) is 0 Å². The van der Waals surface area contributed by atoms with E-state index in [4.69, 9.17) is 0 Å². The molecule has 0 atom stereocenters. The normalized spacial score (nSPS) is 13.0. The molecule has 0 aliphatic carbocycles. The van der Waals surface area contributed by atoms with E-state index in [9.17, 15) is 0 Å². The average Bonchev–Trinajstić information content (AvgIpc) is 1.98. The summed E-state index contributed by atoms with van der Waals surface area (Å²) in [6.45, 7) is 13.8. The fourth-order valence-electron chi connectivity index (χ4n) is 0.967. The second kappa shape index (κ2) is 5.63. The molecule has 0 aliphatic rings. The lowest BCUT2D eigenvalue weighted by molar-refractivity contribution is 0.757. The van der Waals surface area contributed by atoms with E-state index in [2.05, 4.69) is 41.2 Å². The van der Waals surface area contributed by atoms with E-state index >= 15 is 0 Å². The third-order valence-electron chi connectivity index (χ3n) is 1.33. The molecule has 0 spiro atoms. The van der Waals surface area contributed by atoms with Crippen molar-refractivity contribution >= 4 is 7.28 Å². The smallest absolute Gasteiger partial charge is 0.0991 e. The Kier molecular flexibility index (Phi) is 5.21. The Balaban J connectivity index is 4.45. The molecule has 0 fully saturated rings. The van der Waals surface area contributed by atoms with Crippen LogP contribution in [0.3, 0.4) is 0 Å². The summed E-state index contributed by atoms with van der Waals surface area (Å²) in [6, 6.07) is 0. The lowest BCUT2D eigenvalue weighted by Gasteiger charge is -2.16. The SMILES string of the molecule is C=C/C=C\C([B]C(C)(C)C)=C/C=C. The Hall–Kier alpha value is -0.975. The van der Waals surface area contributed by atoms with Gasteiger partial charge in [0, 0.05) is 0 Å². The molecule has 1 heteroatoms. The monoisotopic (exact) mass is 173 g/mol. The van der Waals surface area contributed by atoms with Crippen molar-refractivity contribution in [2.45, 2.75) is 26.1 Å². The predicted octanol–water partition coefficient (Wildman–Crippen LogP) is 3.72. The first-order valence-electron chi connectivity index (χ1n) is 4.47. The Morgan fingerprint density at radius 1 is 1.15 bits per heavy atom. The van der Waals surface area contributed by atoms with Crippen molar-refractivity contribution in [3.63, 3.8) is 0 Å². The molecule has 0 N–H and O–H groups in total. The van der Waals surface area contributed by atoms with Crippen LogP contribution in [0.1, 0.15) is 20.8 Å². The molecule has 0 amide bonds. The molecule has 0 saturated heterocycles. The Morgan fingerprint density at radius 2 is 1.77 bits per heavy atom. The predicted molar refractivity (Wildman–Crippen MR) is 63.1 cm³/mol. The van der Waals surface area contributed by atoms with Gasteiger partial charge in [-0.25, -0.2) is 0 Å². The molecule has 0 nitrogen and oxygen atoms in total. The van der Waals surface area contributed by atoms with E-state index in [1.54, 1.807) is 12.2 Å². The van der Waals surface area contributed by atoms with Gasteiger partial charge >= 0.3 is 0 Å². The standard InChI is InChI=1S/C12H18B/c1-6-8-10-11(9-7-2)13-12(3,4)5/h6-10H,1-2H2,3-5H3/b10-8-,11-9+. The first kappa shape index (κ1) is 12.0. The highest BCUT2D eigenvalue weighted by Gasteiger charge is 2.12. The molecular formula is C12H18B. The second-order valence-corrected chi connectivity index (χ2v) is 4.01. The van der Waals surface area contributed by atoms with Gasteiger partial charge in [0.2, 0.25) is 0 Å². The minimum Gasteiger partial charge on any atom is -0.0991 e. The maximum atomic E-state index is 3.68. The van der Waals surface area contributed by atoms with E-state index in [1.165, 1.54) is 5.47 Å². The molecule has 0 bridgehead atoms. The highest BCUT2D eigenvalue weighted by atomic mass is 14.0. The van der Waals surface area contributed by atoms with E-state index < -0.39 is 0 Å². The first-order valence-corrected chi connectivity index (χ1v) is 4.47. The summed E-state index contributed by atoms with van der Waals surface area (Å²) < 4.78 is 0. The molecule has 0 rings (SSSR count). The van der Waals surface area contributed by atoms with Crippen LogP contribution in [0.2, 0.25) is 5.31 Å². The van der Waals surface area contributed by atoms with Gasteiger partial charge in [0.05, 0.1) is 0 Å². The molecule has 1 radical (unpaired) electrons. The Bertz CT molecular complexity index is 226. The molecule has 0 saturated carbocycles. The number of hydrogen-bond donors (Lipinski definition) is 0. The van der Waals surface area contributed by atoms with Crippen LogP contribution < -0.4 is 0 Å². The minimum atomic E-state index is 0.195. The van der Waals surface area contributed by atoms with Crippen LogP contribution >= 0.6 is 0 Å². The molecule has 0 heterocycles. The van der Waals surface area contributed by atoms with Crippen molar-refractivity contribution in [3.8, 4) is 0 Å². The highest BCUT2D eigenvalue weighted by Crippen LogP contribution is 2.23. The summed E-state index contributed by atoms with van der Waals surface area (Å²) in [6.07, 6.45) is 9.52. The number of allylic oxidation sites excluding steroid dienone is 6. The van der Waals surface area contributed by atoms with Crippen molar-refractivity contribution < 1.29 is 0 Å². The summed E-state index contributed by atoms with van der Waals surface area (Å²) in [5.74, 6) is 0. The van der Waals surface area contributed by atoms with Crippen LogP contribution in [0, 0.1) is 0 Å². The third kappa shape index (κ3) is 7.39. The van der Waals surface area contributed by atoms with Crippen LogP contribution in [0.5, 0.6) is 0 Å². The van der Waals surface area contributed by atoms with E-state index in [0.29, 0.717) is 0 Å². The van der Waals surface area contributed by atoms with Crippen molar-refractivity contribution in [1.82, 2.24) is 0 Å². The zero-order valence-electron chi connectivity index (χ0n) is 8.88. The van der Waals surface area contributed by atoms with E-state index in [-0.39, 0.29) is 5.31 Å². The summed E-state index contributed by atoms with van der Waals surface area (Å²) in [5, 5.41) is 0.195. The minimum absolute atomic E-state index is 0.195. The Labute approximate surface area is 83.0 Å². The Morgan fingerprint density at radius 3 is 2.15 bits per heavy atom. The van der Waals surface area contributed by atoms with Crippen molar-refractivity contribution in [2.24, 2.45) is 0 Å². The molecule has 0 aliphatic heterocycles. The summed E-state index contributed by atoms with van der Waals surface area (Å²) in [5.41, 5.74) is 1.17. The van der Waals surface area contributed by atoms with Gasteiger partial charge in [-0.2, -0.15) is 0 Å². The lowest BCUT2D eigenvalue weighted by atomic mass is 9.50. The number of rotatable bonds is 4. The van der Waals surface area contributed by atoms with Crippen LogP contribution in [0.25, 0.3) is 0 Å². The van der Waals surface area contributed by atoms with Crippen molar-refractivity contribution in [2.75, 3.05) is 0 Å². The van der Waals surface area contributed by atoms with Gasteiger partial charge in [0.15, 0.2) is 7.28 Å². The van der Waals surface area contributed by atoms with Crippen molar-refractivity contribution in [1.29, 1.82) is 0 Å². The maximum absolute atomic E-state index is 3.68. The van der Waals surface area contributed by atoms with Crippen molar-refractivity contribution in [3.05, 3.63) is 49.0 Å². The molecule has 13 heavy (non-hydrogen) atoms. The first-order chi connectivity index (χ1) is 5.99. The maximum Gasteiger partial charge on any atom is 0.157 e. The van der Waals surface area contributed by atoms with Gasteiger partial charge < -0.3 is 0 Å². The fourth-order valence-corrected chi connectivity index (χ4v) is 0.967. The van der Waals surface area contributed by atoms with Gasteiger partial charge in [-0.3, -0.25) is 0 Å². The fraction of sp³-hybridized carbons (Fsp3) is 0.333. The molecule has 0 aromatic carbocycles. The van der Waals surface area contributed by atoms with Crippen LogP contribution in [0.15, 0.2) is 49.0 Å². The summed E-state index contributed by atoms with van der Waals surface area (Å²) >= 11 is 0. The second-order valence-electron chi connectivity index (χ2n) is 4.01. The van der Waals surface area contributed by atoms with E-state index in [0.717, 1.165) is 0 Å².